The second-order valence-electron chi connectivity index (χ2n) is 26.3. The smallest absolute Gasteiger partial charge is 0.305 e. The largest absolute Gasteiger partial charge is 0.466 e. The molecular weight excluding hydrogens is 1020 g/mol. The molecule has 1 amide bonds. The number of hydrogen-bond acceptors (Lipinski definition) is 5. The van der Waals surface area contributed by atoms with Crippen LogP contribution in [-0.2, 0) is 14.3 Å². The minimum Gasteiger partial charge on any atom is -0.466 e. The van der Waals surface area contributed by atoms with E-state index in [0.29, 0.717) is 25.9 Å². The number of esters is 1. The Balaban J connectivity index is 3.34. The quantitative estimate of drug-likeness (QED) is 0.0320. The molecule has 0 aliphatic heterocycles. The van der Waals surface area contributed by atoms with Crippen molar-refractivity contribution in [2.45, 2.75) is 443 Å². The molecule has 0 aromatic rings. The number of aliphatic hydroxyl groups is 2. The SMILES string of the molecule is CCCCCC/C=C\C/C=C\CCCCCCCC(=O)OCCCCCCCCCCCCCCCCCCCCCCCCCCCCCCCC(=O)NC(CO)C(O)CCCCCCCCCCCCCCCCCCCCCCC. The summed E-state index contributed by atoms with van der Waals surface area (Å²) < 4.78 is 5.50. The van der Waals surface area contributed by atoms with Gasteiger partial charge in [0.25, 0.3) is 0 Å². The van der Waals surface area contributed by atoms with Crippen molar-refractivity contribution >= 4 is 11.9 Å². The Labute approximate surface area is 520 Å². The van der Waals surface area contributed by atoms with Gasteiger partial charge in [0.15, 0.2) is 0 Å². The van der Waals surface area contributed by atoms with E-state index >= 15 is 0 Å². The topological polar surface area (TPSA) is 95.9 Å². The maximum absolute atomic E-state index is 12.6. The Hall–Kier alpha value is -1.66. The van der Waals surface area contributed by atoms with Gasteiger partial charge in [0.05, 0.1) is 25.4 Å². The van der Waals surface area contributed by atoms with Crippen LogP contribution in [0.15, 0.2) is 24.3 Å². The van der Waals surface area contributed by atoms with Gasteiger partial charge in [-0.3, -0.25) is 9.59 Å². The summed E-state index contributed by atoms with van der Waals surface area (Å²) in [5.74, 6) is -0.0195. The molecule has 0 aliphatic carbocycles. The molecule has 0 aromatic carbocycles. The third kappa shape index (κ3) is 69.3. The molecule has 6 nitrogen and oxygen atoms in total. The number of carbonyl (C=O) groups is 2. The normalized spacial score (nSPS) is 12.6. The van der Waals surface area contributed by atoms with Crippen LogP contribution in [0.3, 0.4) is 0 Å². The first-order chi connectivity index (χ1) is 41.0. The van der Waals surface area contributed by atoms with Crippen molar-refractivity contribution in [3.8, 4) is 0 Å². The van der Waals surface area contributed by atoms with Gasteiger partial charge < -0.3 is 20.3 Å². The zero-order valence-electron chi connectivity index (χ0n) is 56.5. The molecule has 492 valence electrons. The Morgan fingerprint density at radius 3 is 0.928 bits per heavy atom. The lowest BCUT2D eigenvalue weighted by Gasteiger charge is -2.22. The van der Waals surface area contributed by atoms with Gasteiger partial charge in [-0.1, -0.05) is 385 Å². The highest BCUT2D eigenvalue weighted by atomic mass is 16.5. The number of rotatable bonds is 72. The van der Waals surface area contributed by atoms with Gasteiger partial charge >= 0.3 is 5.97 Å². The van der Waals surface area contributed by atoms with Crippen LogP contribution in [0.1, 0.15) is 431 Å². The van der Waals surface area contributed by atoms with E-state index in [-0.39, 0.29) is 18.5 Å². The first kappa shape index (κ1) is 81.3. The molecule has 2 atom stereocenters. The molecule has 6 heteroatoms. The standard InChI is InChI=1S/C77H149NO5/c1-3-5-7-9-11-13-15-17-19-21-22-32-35-38-41-45-49-53-57-61-65-69-75(80)74(73-79)78-76(81)70-66-62-58-54-50-46-42-39-36-33-30-28-26-24-23-25-27-29-31-34-37-40-44-48-52-56-60-64-68-72-83-77(82)71-67-63-59-55-51-47-43-20-18-16-14-12-10-8-6-4-2/h14,16,20,43,74-75,79-80H,3-13,15,17-19,21-42,44-73H2,1-2H3,(H,78,81)/b16-14-,43-20-. The van der Waals surface area contributed by atoms with Gasteiger partial charge in [0.2, 0.25) is 5.91 Å². The Kier molecular flexibility index (Phi) is 71.4. The minimum absolute atomic E-state index is 0.00694. The molecule has 0 spiro atoms. The van der Waals surface area contributed by atoms with Crippen LogP contribution in [-0.4, -0.2) is 47.4 Å². The third-order valence-corrected chi connectivity index (χ3v) is 18.0. The summed E-state index contributed by atoms with van der Waals surface area (Å²) in [5, 5.41) is 23.4. The fraction of sp³-hybridized carbons (Fsp3) is 0.922. The minimum atomic E-state index is -0.663. The molecular formula is C77H149NO5. The van der Waals surface area contributed by atoms with Gasteiger partial charge in [-0.25, -0.2) is 0 Å². The van der Waals surface area contributed by atoms with E-state index in [4.69, 9.17) is 4.74 Å². The van der Waals surface area contributed by atoms with Crippen LogP contribution >= 0.6 is 0 Å². The molecule has 0 fully saturated rings. The Bertz CT molecular complexity index is 1300. The third-order valence-electron chi connectivity index (χ3n) is 18.0. The Morgan fingerprint density at radius 2 is 0.602 bits per heavy atom. The highest BCUT2D eigenvalue weighted by Crippen LogP contribution is 2.20. The van der Waals surface area contributed by atoms with Crippen molar-refractivity contribution in [1.29, 1.82) is 0 Å². The predicted octanol–water partition coefficient (Wildman–Crippen LogP) is 24.9. The number of carbonyl (C=O) groups excluding carboxylic acids is 2. The van der Waals surface area contributed by atoms with E-state index in [1.165, 1.54) is 347 Å². The number of ether oxygens (including phenoxy) is 1. The molecule has 0 heterocycles. The number of allylic oxidation sites excluding steroid dienone is 4. The molecule has 0 bridgehead atoms. The predicted molar refractivity (Wildman–Crippen MR) is 366 cm³/mol. The van der Waals surface area contributed by atoms with Crippen LogP contribution < -0.4 is 5.32 Å². The monoisotopic (exact) mass is 1170 g/mol. The Morgan fingerprint density at radius 1 is 0.337 bits per heavy atom. The molecule has 0 aliphatic rings. The summed E-state index contributed by atoms with van der Waals surface area (Å²) in [7, 11) is 0. The molecule has 83 heavy (non-hydrogen) atoms. The number of hydrogen-bond donors (Lipinski definition) is 3. The van der Waals surface area contributed by atoms with E-state index in [1.807, 2.05) is 0 Å². The van der Waals surface area contributed by atoms with Gasteiger partial charge in [0, 0.05) is 12.8 Å². The number of nitrogens with one attached hydrogen (secondary N) is 1. The lowest BCUT2D eigenvalue weighted by molar-refractivity contribution is -0.143. The van der Waals surface area contributed by atoms with Crippen LogP contribution in [0.2, 0.25) is 0 Å². The van der Waals surface area contributed by atoms with E-state index < -0.39 is 12.1 Å². The van der Waals surface area contributed by atoms with Gasteiger partial charge in [0.1, 0.15) is 0 Å². The first-order valence-electron chi connectivity index (χ1n) is 38.1. The summed E-state index contributed by atoms with van der Waals surface area (Å²) in [6, 6.07) is -0.540. The van der Waals surface area contributed by atoms with Crippen LogP contribution in [0.4, 0.5) is 0 Å². The molecule has 0 aromatic heterocycles. The van der Waals surface area contributed by atoms with E-state index in [2.05, 4.69) is 43.5 Å². The fourth-order valence-electron chi connectivity index (χ4n) is 12.2. The fourth-order valence-corrected chi connectivity index (χ4v) is 12.2. The second-order valence-corrected chi connectivity index (χ2v) is 26.3. The lowest BCUT2D eigenvalue weighted by Crippen LogP contribution is -2.45. The van der Waals surface area contributed by atoms with Gasteiger partial charge in [-0.15, -0.1) is 0 Å². The van der Waals surface area contributed by atoms with Gasteiger partial charge in [-0.2, -0.15) is 0 Å². The average molecular weight is 1170 g/mol. The average Bonchev–Trinajstić information content (AvgIpc) is 3.48. The van der Waals surface area contributed by atoms with Crippen molar-refractivity contribution in [3.63, 3.8) is 0 Å². The van der Waals surface area contributed by atoms with E-state index in [9.17, 15) is 19.8 Å². The molecule has 0 radical (unpaired) electrons. The molecule has 0 rings (SSSR count). The van der Waals surface area contributed by atoms with Crippen molar-refractivity contribution in [3.05, 3.63) is 24.3 Å². The zero-order valence-corrected chi connectivity index (χ0v) is 56.5. The van der Waals surface area contributed by atoms with E-state index in [0.717, 1.165) is 51.4 Å². The lowest BCUT2D eigenvalue weighted by atomic mass is 10.0. The van der Waals surface area contributed by atoms with Crippen LogP contribution in [0.5, 0.6) is 0 Å². The number of unbranched alkanes of at least 4 members (excludes halogenated alkanes) is 57. The summed E-state index contributed by atoms with van der Waals surface area (Å²) >= 11 is 0. The van der Waals surface area contributed by atoms with Crippen LogP contribution in [0, 0.1) is 0 Å². The van der Waals surface area contributed by atoms with Crippen molar-refractivity contribution in [2.24, 2.45) is 0 Å². The molecule has 0 saturated heterocycles. The van der Waals surface area contributed by atoms with Crippen LogP contribution in [0.25, 0.3) is 0 Å². The maximum atomic E-state index is 12.6. The summed E-state index contributed by atoms with van der Waals surface area (Å²) in [6.07, 6.45) is 92.5. The summed E-state index contributed by atoms with van der Waals surface area (Å²) in [4.78, 5) is 24.6. The van der Waals surface area contributed by atoms with E-state index in [1.54, 1.807) is 0 Å². The highest BCUT2D eigenvalue weighted by molar-refractivity contribution is 5.76. The summed E-state index contributed by atoms with van der Waals surface area (Å²) in [5.41, 5.74) is 0. The highest BCUT2D eigenvalue weighted by Gasteiger charge is 2.20. The zero-order chi connectivity index (χ0) is 59.9. The molecule has 2 unspecified atom stereocenters. The number of aliphatic hydroxyl groups excluding tert-OH is 2. The molecule has 3 N–H and O–H groups in total. The van der Waals surface area contributed by atoms with Gasteiger partial charge in [-0.05, 0) is 57.8 Å². The summed E-state index contributed by atoms with van der Waals surface area (Å²) in [6.45, 7) is 4.98. The number of amides is 1. The van der Waals surface area contributed by atoms with Crippen molar-refractivity contribution in [2.75, 3.05) is 13.2 Å². The van der Waals surface area contributed by atoms with Crippen molar-refractivity contribution < 1.29 is 24.5 Å². The first-order valence-corrected chi connectivity index (χ1v) is 38.1. The second kappa shape index (κ2) is 72.8. The van der Waals surface area contributed by atoms with Crippen molar-refractivity contribution in [1.82, 2.24) is 5.32 Å². The maximum Gasteiger partial charge on any atom is 0.305 e. The molecule has 0 saturated carbocycles.